The highest BCUT2D eigenvalue weighted by Crippen LogP contribution is 2.33. The molecule has 2 N–H and O–H groups in total. The zero-order valence-electron chi connectivity index (χ0n) is 10.7. The summed E-state index contributed by atoms with van der Waals surface area (Å²) in [5, 5.41) is 0. The molecule has 2 aliphatic rings. The van der Waals surface area contributed by atoms with Gasteiger partial charge in [0.25, 0.3) is 0 Å². The summed E-state index contributed by atoms with van der Waals surface area (Å²) in [5.41, 5.74) is 8.93. The Hall–Kier alpha value is -1.51. The molecule has 0 aromatic heterocycles. The molecule has 1 heterocycles. The minimum atomic E-state index is 0.248. The van der Waals surface area contributed by atoms with Crippen LogP contribution in [0.25, 0.3) is 0 Å². The molecule has 96 valence electrons. The van der Waals surface area contributed by atoms with Crippen molar-refractivity contribution >= 4 is 17.3 Å². The van der Waals surface area contributed by atoms with Gasteiger partial charge in [-0.15, -0.1) is 0 Å². The Morgan fingerprint density at radius 3 is 2.78 bits per heavy atom. The summed E-state index contributed by atoms with van der Waals surface area (Å²) in [5.74, 6) is 0.566. The van der Waals surface area contributed by atoms with Crippen LogP contribution in [-0.2, 0) is 11.2 Å². The number of rotatable bonds is 1. The largest absolute Gasteiger partial charge is 0.399 e. The van der Waals surface area contributed by atoms with Gasteiger partial charge in [0.15, 0.2) is 0 Å². The first kappa shape index (κ1) is 11.6. The maximum atomic E-state index is 12.6. The van der Waals surface area contributed by atoms with Crippen LogP contribution in [0.1, 0.15) is 37.7 Å². The molecule has 3 rings (SSSR count). The van der Waals surface area contributed by atoms with Crippen molar-refractivity contribution in [2.24, 2.45) is 5.92 Å². The number of carbonyl (C=O) groups excluding carboxylic acids is 1. The van der Waals surface area contributed by atoms with Crippen LogP contribution in [0.3, 0.4) is 0 Å². The van der Waals surface area contributed by atoms with Crippen LogP contribution >= 0.6 is 0 Å². The number of aryl methyl sites for hydroxylation is 1. The summed E-state index contributed by atoms with van der Waals surface area (Å²) in [4.78, 5) is 14.5. The zero-order valence-corrected chi connectivity index (χ0v) is 10.7. The van der Waals surface area contributed by atoms with Crippen LogP contribution in [-0.4, -0.2) is 12.5 Å². The normalized spacial score (nSPS) is 19.9. The molecule has 0 unspecified atom stereocenters. The van der Waals surface area contributed by atoms with Crippen molar-refractivity contribution in [1.29, 1.82) is 0 Å². The highest BCUT2D eigenvalue weighted by molar-refractivity contribution is 5.96. The number of fused-ring (bicyclic) bond motifs is 1. The van der Waals surface area contributed by atoms with E-state index in [2.05, 4.69) is 6.07 Å². The Bertz CT molecular complexity index is 464. The molecule has 0 atom stereocenters. The first-order valence-electron chi connectivity index (χ1n) is 6.95. The lowest BCUT2D eigenvalue weighted by Crippen LogP contribution is -2.39. The summed E-state index contributed by atoms with van der Waals surface area (Å²) < 4.78 is 0. The van der Waals surface area contributed by atoms with E-state index in [0.717, 1.165) is 43.6 Å². The van der Waals surface area contributed by atoms with Crippen LogP contribution in [0.15, 0.2) is 18.2 Å². The van der Waals surface area contributed by atoms with E-state index in [1.54, 1.807) is 0 Å². The van der Waals surface area contributed by atoms with E-state index in [4.69, 9.17) is 5.73 Å². The van der Waals surface area contributed by atoms with Gasteiger partial charge in [-0.3, -0.25) is 4.79 Å². The second kappa shape index (κ2) is 4.63. The molecule has 1 fully saturated rings. The Labute approximate surface area is 108 Å². The number of anilines is 2. The van der Waals surface area contributed by atoms with E-state index in [9.17, 15) is 4.79 Å². The highest BCUT2D eigenvalue weighted by Gasteiger charge is 2.30. The Morgan fingerprint density at radius 2 is 2.00 bits per heavy atom. The molecule has 0 saturated heterocycles. The molecular formula is C15H20N2O. The van der Waals surface area contributed by atoms with Gasteiger partial charge in [-0.25, -0.2) is 0 Å². The third kappa shape index (κ3) is 1.98. The molecule has 1 aromatic carbocycles. The molecule has 3 heteroatoms. The standard InChI is InChI=1S/C15H20N2O/c16-13-8-7-11-6-3-9-17(14(11)10-13)15(18)12-4-1-2-5-12/h7-8,10,12H,1-6,9,16H2. The number of hydrogen-bond acceptors (Lipinski definition) is 2. The molecule has 0 spiro atoms. The third-order valence-electron chi connectivity index (χ3n) is 4.20. The predicted molar refractivity (Wildman–Crippen MR) is 73.5 cm³/mol. The van der Waals surface area contributed by atoms with Gasteiger partial charge in [0.2, 0.25) is 5.91 Å². The molecule has 0 bridgehead atoms. The van der Waals surface area contributed by atoms with Crippen molar-refractivity contribution in [3.63, 3.8) is 0 Å². The number of amides is 1. The molecule has 1 aromatic rings. The summed E-state index contributed by atoms with van der Waals surface area (Å²) in [7, 11) is 0. The van der Waals surface area contributed by atoms with Gasteiger partial charge in [-0.05, 0) is 43.4 Å². The lowest BCUT2D eigenvalue weighted by Gasteiger charge is -2.31. The second-order valence-electron chi connectivity index (χ2n) is 5.46. The van der Waals surface area contributed by atoms with Gasteiger partial charge in [0, 0.05) is 23.8 Å². The fourth-order valence-corrected chi connectivity index (χ4v) is 3.21. The van der Waals surface area contributed by atoms with Crippen molar-refractivity contribution in [2.45, 2.75) is 38.5 Å². The SMILES string of the molecule is Nc1ccc2c(c1)N(C(=O)C1CCCC1)CCC2. The van der Waals surface area contributed by atoms with Crippen molar-refractivity contribution in [3.8, 4) is 0 Å². The monoisotopic (exact) mass is 244 g/mol. The van der Waals surface area contributed by atoms with Gasteiger partial charge in [-0.1, -0.05) is 18.9 Å². The maximum Gasteiger partial charge on any atom is 0.230 e. The average molecular weight is 244 g/mol. The Morgan fingerprint density at radius 1 is 1.22 bits per heavy atom. The lowest BCUT2D eigenvalue weighted by molar-refractivity contribution is -0.122. The number of benzene rings is 1. The quantitative estimate of drug-likeness (QED) is 0.772. The van der Waals surface area contributed by atoms with E-state index in [1.807, 2.05) is 17.0 Å². The number of carbonyl (C=O) groups is 1. The van der Waals surface area contributed by atoms with Crippen molar-refractivity contribution in [2.75, 3.05) is 17.2 Å². The molecule has 1 amide bonds. The number of hydrogen-bond donors (Lipinski definition) is 1. The van der Waals surface area contributed by atoms with Crippen molar-refractivity contribution < 1.29 is 4.79 Å². The zero-order chi connectivity index (χ0) is 12.5. The molecular weight excluding hydrogens is 224 g/mol. The molecule has 1 saturated carbocycles. The van der Waals surface area contributed by atoms with Crippen LogP contribution in [0.5, 0.6) is 0 Å². The van der Waals surface area contributed by atoms with Gasteiger partial charge in [0.1, 0.15) is 0 Å². The first-order valence-corrected chi connectivity index (χ1v) is 6.95. The highest BCUT2D eigenvalue weighted by atomic mass is 16.2. The average Bonchev–Trinajstić information content (AvgIpc) is 2.91. The van der Waals surface area contributed by atoms with E-state index >= 15 is 0 Å². The smallest absolute Gasteiger partial charge is 0.230 e. The van der Waals surface area contributed by atoms with Crippen LogP contribution in [0, 0.1) is 5.92 Å². The topological polar surface area (TPSA) is 46.3 Å². The molecule has 0 radical (unpaired) electrons. The van der Waals surface area contributed by atoms with E-state index in [1.165, 1.54) is 18.4 Å². The van der Waals surface area contributed by atoms with E-state index in [-0.39, 0.29) is 5.92 Å². The van der Waals surface area contributed by atoms with Gasteiger partial charge < -0.3 is 10.6 Å². The van der Waals surface area contributed by atoms with Crippen molar-refractivity contribution in [1.82, 2.24) is 0 Å². The van der Waals surface area contributed by atoms with Gasteiger partial charge in [-0.2, -0.15) is 0 Å². The lowest BCUT2D eigenvalue weighted by atomic mass is 9.98. The predicted octanol–water partition coefficient (Wildman–Crippen LogP) is 2.74. The van der Waals surface area contributed by atoms with Crippen molar-refractivity contribution in [3.05, 3.63) is 23.8 Å². The Kier molecular flexibility index (Phi) is 2.98. The molecule has 1 aliphatic carbocycles. The second-order valence-corrected chi connectivity index (χ2v) is 5.46. The fourth-order valence-electron chi connectivity index (χ4n) is 3.21. The summed E-state index contributed by atoms with van der Waals surface area (Å²) >= 11 is 0. The first-order chi connectivity index (χ1) is 8.75. The Balaban J connectivity index is 1.90. The minimum Gasteiger partial charge on any atom is -0.399 e. The summed E-state index contributed by atoms with van der Waals surface area (Å²) in [6.45, 7) is 0.853. The minimum absolute atomic E-state index is 0.248. The van der Waals surface area contributed by atoms with Crippen LogP contribution in [0.4, 0.5) is 11.4 Å². The van der Waals surface area contributed by atoms with E-state index in [0.29, 0.717) is 5.91 Å². The fraction of sp³-hybridized carbons (Fsp3) is 0.533. The molecule has 3 nitrogen and oxygen atoms in total. The van der Waals surface area contributed by atoms with Gasteiger partial charge in [0.05, 0.1) is 0 Å². The van der Waals surface area contributed by atoms with Crippen LogP contribution in [0.2, 0.25) is 0 Å². The molecule has 1 aliphatic heterocycles. The number of nitrogen functional groups attached to an aromatic ring is 1. The number of nitrogens with zero attached hydrogens (tertiary/aromatic N) is 1. The number of nitrogens with two attached hydrogens (primary N) is 1. The summed E-state index contributed by atoms with van der Waals surface area (Å²) in [6.07, 6.45) is 6.65. The van der Waals surface area contributed by atoms with Crippen LogP contribution < -0.4 is 10.6 Å². The molecule has 18 heavy (non-hydrogen) atoms. The maximum absolute atomic E-state index is 12.6. The van der Waals surface area contributed by atoms with E-state index < -0.39 is 0 Å². The summed E-state index contributed by atoms with van der Waals surface area (Å²) in [6, 6.07) is 5.96. The van der Waals surface area contributed by atoms with Gasteiger partial charge >= 0.3 is 0 Å². The third-order valence-corrected chi connectivity index (χ3v) is 4.20.